The van der Waals surface area contributed by atoms with Gasteiger partial charge in [-0.2, -0.15) is 0 Å². The first kappa shape index (κ1) is 22.7. The number of nitro benzene ring substituents is 2. The van der Waals surface area contributed by atoms with E-state index in [-0.39, 0.29) is 16.7 Å². The van der Waals surface area contributed by atoms with Gasteiger partial charge in [0.2, 0.25) is 0 Å². The standard InChI is InChI=1S/C19H26N2O7Si/c1-19(2,3)29(4,5)28-17-8-6-16(7-9-17)27-18(22)13-10-14(20(23)24)12-15(11-13)21(25)26/h6,8,10-12,16-17H,7,9H2,1-5H3/t16-,17-/m1/s1. The van der Waals surface area contributed by atoms with E-state index in [4.69, 9.17) is 9.16 Å². The Morgan fingerprint density at radius 2 is 1.48 bits per heavy atom. The maximum atomic E-state index is 12.4. The van der Waals surface area contributed by atoms with Gasteiger partial charge < -0.3 is 9.16 Å². The summed E-state index contributed by atoms with van der Waals surface area (Å²) in [5.41, 5.74) is -1.29. The molecule has 0 saturated carbocycles. The summed E-state index contributed by atoms with van der Waals surface area (Å²) in [5, 5.41) is 22.0. The van der Waals surface area contributed by atoms with E-state index < -0.39 is 41.6 Å². The van der Waals surface area contributed by atoms with E-state index in [1.807, 2.05) is 6.08 Å². The van der Waals surface area contributed by atoms with E-state index in [9.17, 15) is 25.0 Å². The van der Waals surface area contributed by atoms with Crippen molar-refractivity contribution in [2.75, 3.05) is 0 Å². The Bertz CT molecular complexity index is 813. The van der Waals surface area contributed by atoms with Crippen molar-refractivity contribution in [3.05, 3.63) is 56.1 Å². The Morgan fingerprint density at radius 3 is 1.90 bits per heavy atom. The third kappa shape index (κ3) is 5.70. The molecule has 0 unspecified atom stereocenters. The summed E-state index contributed by atoms with van der Waals surface area (Å²) in [6.07, 6.45) is 4.27. The van der Waals surface area contributed by atoms with Crippen LogP contribution in [0.2, 0.25) is 18.1 Å². The number of rotatable bonds is 6. The summed E-state index contributed by atoms with van der Waals surface area (Å²) in [7, 11) is -1.92. The number of hydrogen-bond acceptors (Lipinski definition) is 7. The Labute approximate surface area is 170 Å². The van der Waals surface area contributed by atoms with E-state index in [0.29, 0.717) is 12.8 Å². The molecule has 9 nitrogen and oxygen atoms in total. The summed E-state index contributed by atoms with van der Waals surface area (Å²) in [6, 6.07) is 2.76. The summed E-state index contributed by atoms with van der Waals surface area (Å²) in [5.74, 6) is -0.838. The van der Waals surface area contributed by atoms with Gasteiger partial charge in [0.15, 0.2) is 8.32 Å². The van der Waals surface area contributed by atoms with Crippen molar-refractivity contribution < 1.29 is 23.8 Å². The minimum atomic E-state index is -1.92. The molecule has 29 heavy (non-hydrogen) atoms. The largest absolute Gasteiger partial charge is 0.455 e. The first-order valence-corrected chi connectivity index (χ1v) is 12.2. The van der Waals surface area contributed by atoms with Gasteiger partial charge in [-0.15, -0.1) is 0 Å². The number of ether oxygens (including phenoxy) is 1. The normalized spacial score (nSPS) is 19.6. The second-order valence-corrected chi connectivity index (χ2v) is 13.3. The lowest BCUT2D eigenvalue weighted by atomic mass is 10.0. The van der Waals surface area contributed by atoms with Crippen LogP contribution in [-0.2, 0) is 9.16 Å². The fraction of sp³-hybridized carbons (Fsp3) is 0.526. The van der Waals surface area contributed by atoms with Crippen LogP contribution in [0, 0.1) is 20.2 Å². The monoisotopic (exact) mass is 422 g/mol. The molecule has 0 aromatic heterocycles. The lowest BCUT2D eigenvalue weighted by molar-refractivity contribution is -0.394. The number of nitrogens with zero attached hydrogens (tertiary/aromatic N) is 2. The lowest BCUT2D eigenvalue weighted by Crippen LogP contribution is -2.44. The Balaban J connectivity index is 2.08. The summed E-state index contributed by atoms with van der Waals surface area (Å²) in [4.78, 5) is 32.7. The van der Waals surface area contributed by atoms with Crippen molar-refractivity contribution >= 4 is 25.7 Å². The molecule has 0 heterocycles. The van der Waals surface area contributed by atoms with Gasteiger partial charge >= 0.3 is 5.97 Å². The molecule has 0 bridgehead atoms. The third-order valence-corrected chi connectivity index (χ3v) is 9.85. The smallest absolute Gasteiger partial charge is 0.339 e. The third-order valence-electron chi connectivity index (χ3n) is 5.35. The Morgan fingerprint density at radius 1 is 1.00 bits per heavy atom. The van der Waals surface area contributed by atoms with Crippen LogP contribution in [0.3, 0.4) is 0 Å². The molecule has 0 saturated heterocycles. The van der Waals surface area contributed by atoms with Gasteiger partial charge in [0.1, 0.15) is 6.10 Å². The molecule has 2 atom stereocenters. The van der Waals surface area contributed by atoms with Crippen molar-refractivity contribution in [3.63, 3.8) is 0 Å². The van der Waals surface area contributed by atoms with Crippen molar-refractivity contribution in [1.82, 2.24) is 0 Å². The Hall–Kier alpha value is -2.59. The highest BCUT2D eigenvalue weighted by Crippen LogP contribution is 2.38. The van der Waals surface area contributed by atoms with Gasteiger partial charge in [-0.05, 0) is 37.0 Å². The van der Waals surface area contributed by atoms with E-state index >= 15 is 0 Å². The fourth-order valence-electron chi connectivity index (χ4n) is 2.65. The van der Waals surface area contributed by atoms with Gasteiger partial charge in [-0.25, -0.2) is 4.79 Å². The van der Waals surface area contributed by atoms with Crippen molar-refractivity contribution in [3.8, 4) is 0 Å². The molecule has 1 aromatic carbocycles. The van der Waals surface area contributed by atoms with Crippen molar-refractivity contribution in [2.45, 2.75) is 64.0 Å². The molecule has 0 spiro atoms. The number of carbonyl (C=O) groups is 1. The number of esters is 1. The van der Waals surface area contributed by atoms with Crippen LogP contribution >= 0.6 is 0 Å². The topological polar surface area (TPSA) is 122 Å². The molecule has 10 heteroatoms. The molecule has 0 amide bonds. The number of nitro groups is 2. The highest BCUT2D eigenvalue weighted by molar-refractivity contribution is 6.74. The molecular weight excluding hydrogens is 396 g/mol. The summed E-state index contributed by atoms with van der Waals surface area (Å²) >= 11 is 0. The minimum Gasteiger partial charge on any atom is -0.455 e. The van der Waals surface area contributed by atoms with Crippen LogP contribution in [0.25, 0.3) is 0 Å². The quantitative estimate of drug-likeness (QED) is 0.213. The summed E-state index contributed by atoms with van der Waals surface area (Å²) in [6.45, 7) is 10.8. The average molecular weight is 423 g/mol. The number of carbonyl (C=O) groups excluding carboxylic acids is 1. The molecule has 2 rings (SSSR count). The molecule has 0 aliphatic heterocycles. The number of non-ortho nitro benzene ring substituents is 2. The van der Waals surface area contributed by atoms with Crippen LogP contribution in [-0.4, -0.2) is 36.3 Å². The van der Waals surface area contributed by atoms with Crippen molar-refractivity contribution in [1.29, 1.82) is 0 Å². The van der Waals surface area contributed by atoms with Gasteiger partial charge in [-0.3, -0.25) is 20.2 Å². The molecule has 0 radical (unpaired) electrons. The molecule has 1 aliphatic rings. The van der Waals surface area contributed by atoms with E-state index in [0.717, 1.165) is 18.2 Å². The maximum absolute atomic E-state index is 12.4. The average Bonchev–Trinajstić information content (AvgIpc) is 2.61. The van der Waals surface area contributed by atoms with Crippen LogP contribution < -0.4 is 0 Å². The molecule has 158 valence electrons. The highest BCUT2D eigenvalue weighted by Gasteiger charge is 2.39. The predicted octanol–water partition coefficient (Wildman–Crippen LogP) is 4.77. The minimum absolute atomic E-state index is 0.0512. The van der Waals surface area contributed by atoms with Crippen LogP contribution in [0.5, 0.6) is 0 Å². The first-order chi connectivity index (χ1) is 13.3. The second-order valence-electron chi connectivity index (χ2n) is 8.57. The molecule has 0 N–H and O–H groups in total. The molecule has 1 aliphatic carbocycles. The van der Waals surface area contributed by atoms with Crippen molar-refractivity contribution in [2.24, 2.45) is 0 Å². The van der Waals surface area contributed by atoms with E-state index in [2.05, 4.69) is 33.9 Å². The van der Waals surface area contributed by atoms with Gasteiger partial charge in [0.05, 0.1) is 27.6 Å². The van der Waals surface area contributed by atoms with Crippen LogP contribution in [0.4, 0.5) is 11.4 Å². The SMILES string of the molecule is CC(C)(C)[Si](C)(C)O[C@@H]1C=C[C@@H](OC(=O)c2cc([N+](=O)[O-])cc([N+](=O)[O-])c2)CC1. The first-order valence-electron chi connectivity index (χ1n) is 9.31. The van der Waals surface area contributed by atoms with E-state index in [1.54, 1.807) is 6.08 Å². The van der Waals surface area contributed by atoms with Gasteiger partial charge in [0.25, 0.3) is 11.4 Å². The lowest BCUT2D eigenvalue weighted by Gasteiger charge is -2.39. The fourth-order valence-corrected chi connectivity index (χ4v) is 3.96. The number of hydrogen-bond donors (Lipinski definition) is 0. The van der Waals surface area contributed by atoms with Gasteiger partial charge in [-0.1, -0.05) is 26.8 Å². The summed E-state index contributed by atoms with van der Waals surface area (Å²) < 4.78 is 11.7. The Kier molecular flexibility index (Phi) is 6.59. The maximum Gasteiger partial charge on any atom is 0.339 e. The molecule has 1 aromatic rings. The zero-order valence-electron chi connectivity index (χ0n) is 17.2. The van der Waals surface area contributed by atoms with Crippen LogP contribution in [0.15, 0.2) is 30.4 Å². The molecular formula is C19H26N2O7Si. The second kappa shape index (κ2) is 8.42. The highest BCUT2D eigenvalue weighted by atomic mass is 28.4. The number of benzene rings is 1. The molecule has 0 fully saturated rings. The zero-order valence-corrected chi connectivity index (χ0v) is 18.2. The zero-order chi connectivity index (χ0) is 22.0. The van der Waals surface area contributed by atoms with E-state index in [1.165, 1.54) is 0 Å². The van der Waals surface area contributed by atoms with Crippen LogP contribution in [0.1, 0.15) is 44.0 Å². The van der Waals surface area contributed by atoms with Gasteiger partial charge in [0, 0.05) is 12.1 Å². The predicted molar refractivity (Wildman–Crippen MR) is 109 cm³/mol.